The van der Waals surface area contributed by atoms with Crippen LogP contribution in [0, 0.1) is 0 Å². The van der Waals surface area contributed by atoms with Crippen molar-refractivity contribution >= 4 is 11.6 Å². The van der Waals surface area contributed by atoms with Crippen LogP contribution < -0.4 is 4.90 Å². The molecule has 4 nitrogen and oxygen atoms in total. The zero-order valence-electron chi connectivity index (χ0n) is 15.1. The Hall–Kier alpha value is -2.33. The lowest BCUT2D eigenvalue weighted by atomic mass is 10.1. The maximum atomic E-state index is 12.7. The number of methoxy groups -OCH3 is 1. The summed E-state index contributed by atoms with van der Waals surface area (Å²) in [6, 6.07) is 16.1. The van der Waals surface area contributed by atoms with Gasteiger partial charge in [-0.05, 0) is 42.2 Å². The predicted octanol–water partition coefficient (Wildman–Crippen LogP) is 3.71. The van der Waals surface area contributed by atoms with Crippen molar-refractivity contribution in [2.24, 2.45) is 0 Å². The second kappa shape index (κ2) is 8.17. The van der Waals surface area contributed by atoms with Gasteiger partial charge < -0.3 is 14.5 Å². The van der Waals surface area contributed by atoms with Gasteiger partial charge in [0.05, 0.1) is 6.61 Å². The van der Waals surface area contributed by atoms with Gasteiger partial charge in [0.25, 0.3) is 5.91 Å². The van der Waals surface area contributed by atoms with E-state index in [1.165, 1.54) is 24.1 Å². The molecule has 1 aliphatic rings. The topological polar surface area (TPSA) is 32.8 Å². The summed E-state index contributed by atoms with van der Waals surface area (Å²) < 4.78 is 5.12. The van der Waals surface area contributed by atoms with Crippen LogP contribution in [0.4, 0.5) is 5.69 Å². The molecule has 1 saturated heterocycles. The molecule has 0 spiro atoms. The van der Waals surface area contributed by atoms with E-state index in [2.05, 4.69) is 23.1 Å². The third-order valence-corrected chi connectivity index (χ3v) is 4.70. The van der Waals surface area contributed by atoms with Crippen LogP contribution in [0.1, 0.15) is 34.3 Å². The van der Waals surface area contributed by atoms with Gasteiger partial charge in [-0.25, -0.2) is 0 Å². The summed E-state index contributed by atoms with van der Waals surface area (Å²) in [4.78, 5) is 16.9. The fourth-order valence-electron chi connectivity index (χ4n) is 3.37. The molecule has 25 heavy (non-hydrogen) atoms. The summed E-state index contributed by atoms with van der Waals surface area (Å²) in [5.41, 5.74) is 4.24. The third kappa shape index (κ3) is 4.20. The average molecular weight is 338 g/mol. The van der Waals surface area contributed by atoms with Crippen LogP contribution in [0.25, 0.3) is 0 Å². The van der Waals surface area contributed by atoms with Gasteiger partial charge in [-0.3, -0.25) is 4.79 Å². The van der Waals surface area contributed by atoms with E-state index in [1.54, 1.807) is 12.0 Å². The van der Waals surface area contributed by atoms with Crippen molar-refractivity contribution in [3.63, 3.8) is 0 Å². The fourth-order valence-corrected chi connectivity index (χ4v) is 3.37. The number of anilines is 1. The van der Waals surface area contributed by atoms with Crippen LogP contribution in [-0.4, -0.2) is 38.1 Å². The van der Waals surface area contributed by atoms with E-state index in [0.717, 1.165) is 18.7 Å². The molecule has 0 bridgehead atoms. The summed E-state index contributed by atoms with van der Waals surface area (Å²) in [6.07, 6.45) is 2.49. The number of carbonyl (C=O) groups excluding carboxylic acids is 1. The zero-order chi connectivity index (χ0) is 17.6. The second-order valence-electron chi connectivity index (χ2n) is 6.61. The number of amides is 1. The first kappa shape index (κ1) is 17.5. The van der Waals surface area contributed by atoms with Gasteiger partial charge in [0, 0.05) is 45.0 Å². The van der Waals surface area contributed by atoms with Crippen LogP contribution in [-0.2, 0) is 17.9 Å². The number of para-hydroxylation sites is 1. The number of nitrogens with zero attached hydrogens (tertiary/aromatic N) is 2. The molecule has 0 aromatic heterocycles. The number of benzene rings is 2. The van der Waals surface area contributed by atoms with Crippen LogP contribution in [0.3, 0.4) is 0 Å². The van der Waals surface area contributed by atoms with E-state index in [1.807, 2.05) is 37.4 Å². The molecule has 132 valence electrons. The Kier molecular flexibility index (Phi) is 5.71. The van der Waals surface area contributed by atoms with Crippen LogP contribution in [0.2, 0.25) is 0 Å². The van der Waals surface area contributed by atoms with Crippen molar-refractivity contribution in [3.05, 3.63) is 65.2 Å². The monoisotopic (exact) mass is 338 g/mol. The number of hydrogen-bond acceptors (Lipinski definition) is 3. The molecule has 1 amide bonds. The normalized spacial score (nSPS) is 13.9. The molecule has 2 aromatic carbocycles. The highest BCUT2D eigenvalue weighted by atomic mass is 16.5. The highest BCUT2D eigenvalue weighted by Gasteiger charge is 2.18. The minimum atomic E-state index is 0.0418. The first-order chi connectivity index (χ1) is 12.2. The SMILES string of the molecule is COCc1ccc(C(=O)N(C)Cc2ccccc2N2CCCC2)cc1. The van der Waals surface area contributed by atoms with Crippen molar-refractivity contribution < 1.29 is 9.53 Å². The highest BCUT2D eigenvalue weighted by molar-refractivity contribution is 5.94. The molecule has 0 saturated carbocycles. The summed E-state index contributed by atoms with van der Waals surface area (Å²) in [5.74, 6) is 0.0418. The van der Waals surface area contributed by atoms with E-state index >= 15 is 0 Å². The number of carbonyl (C=O) groups is 1. The van der Waals surface area contributed by atoms with Gasteiger partial charge >= 0.3 is 0 Å². The van der Waals surface area contributed by atoms with Gasteiger partial charge in [0.15, 0.2) is 0 Å². The van der Waals surface area contributed by atoms with Crippen LogP contribution in [0.15, 0.2) is 48.5 Å². The Balaban J connectivity index is 1.71. The fraction of sp³-hybridized carbons (Fsp3) is 0.381. The molecule has 1 aliphatic heterocycles. The van der Waals surface area contributed by atoms with E-state index in [-0.39, 0.29) is 5.91 Å². The summed E-state index contributed by atoms with van der Waals surface area (Å²) >= 11 is 0. The average Bonchev–Trinajstić information content (AvgIpc) is 3.17. The molecule has 0 unspecified atom stereocenters. The lowest BCUT2D eigenvalue weighted by Gasteiger charge is -2.24. The smallest absolute Gasteiger partial charge is 0.253 e. The third-order valence-electron chi connectivity index (χ3n) is 4.70. The number of rotatable bonds is 6. The molecule has 3 rings (SSSR count). The van der Waals surface area contributed by atoms with Crippen molar-refractivity contribution in [3.8, 4) is 0 Å². The molecule has 0 atom stereocenters. The molecule has 2 aromatic rings. The van der Waals surface area contributed by atoms with Gasteiger partial charge in [0.1, 0.15) is 0 Å². The Bertz CT molecular complexity index is 706. The van der Waals surface area contributed by atoms with Crippen molar-refractivity contribution in [1.29, 1.82) is 0 Å². The van der Waals surface area contributed by atoms with Gasteiger partial charge in [0.2, 0.25) is 0 Å². The summed E-state index contributed by atoms with van der Waals surface area (Å²) in [5, 5.41) is 0. The summed E-state index contributed by atoms with van der Waals surface area (Å²) in [7, 11) is 3.54. The molecule has 0 radical (unpaired) electrons. The molecule has 1 fully saturated rings. The van der Waals surface area contributed by atoms with Crippen LogP contribution in [0.5, 0.6) is 0 Å². The van der Waals surface area contributed by atoms with E-state index in [0.29, 0.717) is 18.7 Å². The Labute approximate surface area is 150 Å². The lowest BCUT2D eigenvalue weighted by Crippen LogP contribution is -2.28. The van der Waals surface area contributed by atoms with E-state index in [4.69, 9.17) is 4.74 Å². The van der Waals surface area contributed by atoms with E-state index in [9.17, 15) is 4.79 Å². The van der Waals surface area contributed by atoms with Gasteiger partial charge in [-0.15, -0.1) is 0 Å². The first-order valence-corrected chi connectivity index (χ1v) is 8.85. The van der Waals surface area contributed by atoms with Crippen molar-refractivity contribution in [2.45, 2.75) is 26.0 Å². The number of ether oxygens (including phenoxy) is 1. The standard InChI is InChI=1S/C21H26N2O2/c1-22(21(24)18-11-9-17(10-12-18)16-25-2)15-19-7-3-4-8-20(19)23-13-5-6-14-23/h3-4,7-12H,5-6,13-16H2,1-2H3. The maximum Gasteiger partial charge on any atom is 0.253 e. The molecular formula is C21H26N2O2. The minimum Gasteiger partial charge on any atom is -0.380 e. The molecule has 4 heteroatoms. The Morgan fingerprint density at radius 3 is 2.44 bits per heavy atom. The predicted molar refractivity (Wildman–Crippen MR) is 101 cm³/mol. The number of hydrogen-bond donors (Lipinski definition) is 0. The zero-order valence-corrected chi connectivity index (χ0v) is 15.1. The quantitative estimate of drug-likeness (QED) is 0.805. The molecule has 1 heterocycles. The highest BCUT2D eigenvalue weighted by Crippen LogP contribution is 2.25. The lowest BCUT2D eigenvalue weighted by molar-refractivity contribution is 0.0785. The maximum absolute atomic E-state index is 12.7. The van der Waals surface area contributed by atoms with Crippen molar-refractivity contribution in [1.82, 2.24) is 4.90 Å². The van der Waals surface area contributed by atoms with Gasteiger partial charge in [-0.1, -0.05) is 30.3 Å². The molecule has 0 aliphatic carbocycles. The second-order valence-corrected chi connectivity index (χ2v) is 6.61. The van der Waals surface area contributed by atoms with Crippen molar-refractivity contribution in [2.75, 3.05) is 32.1 Å². The molecular weight excluding hydrogens is 312 g/mol. The minimum absolute atomic E-state index is 0.0418. The summed E-state index contributed by atoms with van der Waals surface area (Å²) in [6.45, 7) is 3.39. The van der Waals surface area contributed by atoms with Crippen LogP contribution >= 0.6 is 0 Å². The largest absolute Gasteiger partial charge is 0.380 e. The Morgan fingerprint density at radius 2 is 1.76 bits per heavy atom. The molecule has 0 N–H and O–H groups in total. The van der Waals surface area contributed by atoms with E-state index < -0.39 is 0 Å². The Morgan fingerprint density at radius 1 is 1.08 bits per heavy atom. The first-order valence-electron chi connectivity index (χ1n) is 8.85. The van der Waals surface area contributed by atoms with Gasteiger partial charge in [-0.2, -0.15) is 0 Å².